The van der Waals surface area contributed by atoms with Gasteiger partial charge < -0.3 is 29.3 Å². The fraction of sp³-hybridized carbons (Fsp3) is 0.500. The number of aliphatic hydroxyl groups is 1. The van der Waals surface area contributed by atoms with E-state index in [-0.39, 0.29) is 37.3 Å². The molecule has 3 fully saturated rings. The lowest BCUT2D eigenvalue weighted by atomic mass is 9.70. The molecule has 3 saturated heterocycles. The summed E-state index contributed by atoms with van der Waals surface area (Å²) in [6, 6.07) is 14.7. The predicted molar refractivity (Wildman–Crippen MR) is 196 cm³/mol. The number of nitrogens with zero attached hydrogens (tertiary/aromatic N) is 3. The van der Waals surface area contributed by atoms with E-state index in [4.69, 9.17) is 21.1 Å². The fourth-order valence-corrected chi connectivity index (χ4v) is 8.16. The number of likely N-dealkylation sites (N-methyl/N-ethyl adjacent to an activating group) is 1. The van der Waals surface area contributed by atoms with Crippen LogP contribution in [0.25, 0.3) is 0 Å². The molecular formula is C40H50ClN3O7. The van der Waals surface area contributed by atoms with Gasteiger partial charge in [0.2, 0.25) is 11.8 Å². The topological polar surface area (TPSA) is 117 Å². The molecule has 0 unspecified atom stereocenters. The molecule has 5 rings (SSSR count). The normalized spacial score (nSPS) is 24.5. The predicted octanol–water partition coefficient (Wildman–Crippen LogP) is 5.88. The van der Waals surface area contributed by atoms with Crippen molar-refractivity contribution >= 4 is 41.0 Å². The number of carbonyl (C=O) groups is 4. The van der Waals surface area contributed by atoms with Crippen molar-refractivity contribution < 1.29 is 33.8 Å². The number of benzene rings is 2. The zero-order chi connectivity index (χ0) is 36.7. The van der Waals surface area contributed by atoms with Crippen molar-refractivity contribution in [2.24, 2.45) is 11.8 Å². The van der Waals surface area contributed by atoms with E-state index >= 15 is 0 Å². The first-order valence-corrected chi connectivity index (χ1v) is 18.4. The SMILES string of the molecule is C=CCCC(=O)N(C)[C@H](C)[C@H](OC(=O)[C@@H]1[C@@H]2CC[C@]3(O2)[C@H](C(=O)N(CC=C)c2ccc(Cl)cc2)N(CCCCCCO)C(=O)[C@@H]13)c1ccccc1. The average Bonchev–Trinajstić information content (AvgIpc) is 3.78. The van der Waals surface area contributed by atoms with Crippen LogP contribution in [-0.4, -0.2) is 89.1 Å². The molecule has 3 aliphatic rings. The highest BCUT2D eigenvalue weighted by Gasteiger charge is 2.75. The lowest BCUT2D eigenvalue weighted by Crippen LogP contribution is -2.56. The van der Waals surface area contributed by atoms with Gasteiger partial charge in [-0.05, 0) is 68.9 Å². The van der Waals surface area contributed by atoms with E-state index in [2.05, 4.69) is 13.2 Å². The summed E-state index contributed by atoms with van der Waals surface area (Å²) in [5.74, 6) is -3.13. The summed E-state index contributed by atoms with van der Waals surface area (Å²) < 4.78 is 13.0. The van der Waals surface area contributed by atoms with Crippen LogP contribution in [0.3, 0.4) is 0 Å². The average molecular weight is 720 g/mol. The Morgan fingerprint density at radius 2 is 1.78 bits per heavy atom. The first-order valence-electron chi connectivity index (χ1n) is 18.0. The van der Waals surface area contributed by atoms with Gasteiger partial charge >= 0.3 is 5.97 Å². The molecule has 11 heteroatoms. The number of carbonyl (C=O) groups excluding carboxylic acids is 4. The van der Waals surface area contributed by atoms with Gasteiger partial charge in [0.25, 0.3) is 5.91 Å². The van der Waals surface area contributed by atoms with E-state index in [0.717, 1.165) is 18.4 Å². The van der Waals surface area contributed by atoms with Crippen molar-refractivity contribution in [3.05, 3.63) is 90.5 Å². The third-order valence-corrected chi connectivity index (χ3v) is 11.0. The van der Waals surface area contributed by atoms with Gasteiger partial charge in [0, 0.05) is 43.9 Å². The minimum Gasteiger partial charge on any atom is -0.455 e. The zero-order valence-electron chi connectivity index (χ0n) is 29.6. The van der Waals surface area contributed by atoms with Gasteiger partial charge in [0.15, 0.2) is 0 Å². The Hall–Kier alpha value is -3.99. The number of fused-ring (bicyclic) bond motifs is 1. The van der Waals surface area contributed by atoms with E-state index in [9.17, 15) is 24.3 Å². The fourth-order valence-electron chi connectivity index (χ4n) is 8.03. The summed E-state index contributed by atoms with van der Waals surface area (Å²) in [6.07, 6.45) is 6.48. The van der Waals surface area contributed by atoms with Crippen LogP contribution in [0.4, 0.5) is 5.69 Å². The minimum atomic E-state index is -1.22. The molecule has 2 aromatic rings. The number of likely N-dealkylation sites (tertiary alicyclic amines) is 1. The van der Waals surface area contributed by atoms with E-state index in [1.54, 1.807) is 58.2 Å². The lowest BCUT2D eigenvalue weighted by molar-refractivity contribution is -0.164. The standard InChI is InChI=1S/C40H50ClN3O7/c1-5-7-17-32(46)42(4)27(3)35(28-15-11-10-12-16-28)50-39(49)33-31-22-23-40(51-31)34(33)37(47)44(25-13-8-9-14-26-45)36(40)38(48)43(24-6-2)30-20-18-29(41)19-21-30/h5-6,10-12,15-16,18-21,27,31,33-36,45H,1-2,7-9,13-14,17,22-26H2,3-4H3/t27-,31+,33-,34-,35+,36+,40-/m1/s1. The van der Waals surface area contributed by atoms with Gasteiger partial charge in [0.1, 0.15) is 17.7 Å². The van der Waals surface area contributed by atoms with Crippen LogP contribution in [0, 0.1) is 11.8 Å². The number of esters is 1. The molecular weight excluding hydrogens is 670 g/mol. The number of hydrogen-bond donors (Lipinski definition) is 1. The number of anilines is 1. The van der Waals surface area contributed by atoms with Crippen molar-refractivity contribution in [3.8, 4) is 0 Å². The molecule has 274 valence electrons. The molecule has 0 saturated carbocycles. The van der Waals surface area contributed by atoms with Crippen LogP contribution in [0.2, 0.25) is 5.02 Å². The van der Waals surface area contributed by atoms with Crippen molar-refractivity contribution in [3.63, 3.8) is 0 Å². The van der Waals surface area contributed by atoms with E-state index < -0.39 is 47.7 Å². The molecule has 0 radical (unpaired) electrons. The number of halogens is 1. The van der Waals surface area contributed by atoms with Crippen LogP contribution in [0.5, 0.6) is 0 Å². The summed E-state index contributed by atoms with van der Waals surface area (Å²) in [6.45, 7) is 10.0. The van der Waals surface area contributed by atoms with Gasteiger partial charge in [-0.3, -0.25) is 19.2 Å². The highest BCUT2D eigenvalue weighted by Crippen LogP contribution is 2.59. The van der Waals surface area contributed by atoms with Crippen LogP contribution in [0.1, 0.15) is 70.0 Å². The highest BCUT2D eigenvalue weighted by molar-refractivity contribution is 6.30. The molecule has 2 aromatic carbocycles. The van der Waals surface area contributed by atoms with Crippen molar-refractivity contribution in [2.75, 3.05) is 31.6 Å². The minimum absolute atomic E-state index is 0.0902. The Kier molecular flexibility index (Phi) is 12.8. The summed E-state index contributed by atoms with van der Waals surface area (Å²) in [4.78, 5) is 61.6. The molecule has 2 bridgehead atoms. The molecule has 1 N–H and O–H groups in total. The number of amides is 3. The molecule has 10 nitrogen and oxygen atoms in total. The number of aliphatic hydroxyl groups excluding tert-OH is 1. The van der Waals surface area contributed by atoms with Crippen LogP contribution < -0.4 is 4.90 Å². The summed E-state index contributed by atoms with van der Waals surface area (Å²) >= 11 is 6.17. The highest BCUT2D eigenvalue weighted by atomic mass is 35.5. The molecule has 51 heavy (non-hydrogen) atoms. The Labute approximate surface area is 306 Å². The molecule has 0 aromatic heterocycles. The van der Waals surface area contributed by atoms with Crippen molar-refractivity contribution in [2.45, 2.75) is 88.2 Å². The zero-order valence-corrected chi connectivity index (χ0v) is 30.4. The Morgan fingerprint density at radius 3 is 2.45 bits per heavy atom. The van der Waals surface area contributed by atoms with Crippen molar-refractivity contribution in [1.29, 1.82) is 0 Å². The van der Waals surface area contributed by atoms with Crippen LogP contribution in [-0.2, 0) is 28.7 Å². The lowest BCUT2D eigenvalue weighted by Gasteiger charge is -2.37. The maximum atomic E-state index is 14.8. The second-order valence-electron chi connectivity index (χ2n) is 13.8. The van der Waals surface area contributed by atoms with Crippen LogP contribution in [0.15, 0.2) is 79.9 Å². The maximum absolute atomic E-state index is 14.8. The van der Waals surface area contributed by atoms with Gasteiger partial charge in [-0.2, -0.15) is 0 Å². The quantitative estimate of drug-likeness (QED) is 0.116. The van der Waals surface area contributed by atoms with Gasteiger partial charge in [-0.25, -0.2) is 0 Å². The van der Waals surface area contributed by atoms with E-state index in [1.165, 1.54) is 0 Å². The molecule has 3 heterocycles. The van der Waals surface area contributed by atoms with Gasteiger partial charge in [-0.15, -0.1) is 13.2 Å². The number of rotatable bonds is 18. The molecule has 1 spiro atoms. The Balaban J connectivity index is 1.47. The maximum Gasteiger partial charge on any atom is 0.313 e. The first kappa shape index (κ1) is 38.2. The van der Waals surface area contributed by atoms with E-state index in [1.807, 2.05) is 37.3 Å². The Bertz CT molecular complexity index is 1570. The number of unbranched alkanes of at least 4 members (excludes halogenated alkanes) is 3. The number of ether oxygens (including phenoxy) is 2. The number of allylic oxidation sites excluding steroid dienone is 1. The van der Waals surface area contributed by atoms with Crippen LogP contribution >= 0.6 is 11.6 Å². The molecule has 3 aliphatic heterocycles. The smallest absolute Gasteiger partial charge is 0.313 e. The second kappa shape index (κ2) is 17.0. The van der Waals surface area contributed by atoms with Gasteiger partial charge in [0.05, 0.1) is 24.0 Å². The van der Waals surface area contributed by atoms with Gasteiger partial charge in [-0.1, -0.05) is 66.9 Å². The summed E-state index contributed by atoms with van der Waals surface area (Å²) in [5, 5.41) is 9.80. The largest absolute Gasteiger partial charge is 0.455 e. The summed E-state index contributed by atoms with van der Waals surface area (Å²) in [7, 11) is 1.69. The molecule has 3 amide bonds. The molecule has 7 atom stereocenters. The Morgan fingerprint density at radius 1 is 1.08 bits per heavy atom. The first-order chi connectivity index (χ1) is 24.6. The molecule has 0 aliphatic carbocycles. The van der Waals surface area contributed by atoms with Crippen molar-refractivity contribution in [1.82, 2.24) is 9.80 Å². The second-order valence-corrected chi connectivity index (χ2v) is 14.2. The summed E-state index contributed by atoms with van der Waals surface area (Å²) in [5.41, 5.74) is 0.110. The van der Waals surface area contributed by atoms with E-state index in [0.29, 0.717) is 49.4 Å². The monoisotopic (exact) mass is 719 g/mol. The third-order valence-electron chi connectivity index (χ3n) is 10.7. The third kappa shape index (κ3) is 7.78. The number of hydrogen-bond acceptors (Lipinski definition) is 7.